The van der Waals surface area contributed by atoms with E-state index in [4.69, 9.17) is 11.0 Å². The molecule has 0 saturated carbocycles. The quantitative estimate of drug-likeness (QED) is 0.670. The average Bonchev–Trinajstić information content (AvgIpc) is 2.40. The summed E-state index contributed by atoms with van der Waals surface area (Å²) in [5.74, 6) is 0.823. The zero-order chi connectivity index (χ0) is 13.0. The molecule has 0 radical (unpaired) electrons. The normalized spacial score (nSPS) is 10.0. The lowest BCUT2D eigenvalue weighted by Gasteiger charge is -2.06. The molecule has 2 rings (SSSR count). The second-order valence-electron chi connectivity index (χ2n) is 4.14. The first-order chi connectivity index (χ1) is 8.69. The largest absolute Gasteiger partial charge is 0.398 e. The molecule has 3 heteroatoms. The van der Waals surface area contributed by atoms with Gasteiger partial charge in [-0.15, -0.1) is 11.8 Å². The standard InChI is InChI=1S/C15H14N2S/c1-11-5-6-14(17)15(7-11)18-10-13-4-2-3-12(8-13)9-16/h2-8H,10,17H2,1H3. The Hall–Kier alpha value is -1.92. The molecule has 0 spiro atoms. The van der Waals surface area contributed by atoms with Crippen molar-refractivity contribution in [1.82, 2.24) is 0 Å². The third-order valence-electron chi connectivity index (χ3n) is 2.62. The third kappa shape index (κ3) is 3.06. The maximum absolute atomic E-state index is 8.85. The van der Waals surface area contributed by atoms with Gasteiger partial charge in [-0.2, -0.15) is 5.26 Å². The summed E-state index contributed by atoms with van der Waals surface area (Å²) in [6.07, 6.45) is 0. The SMILES string of the molecule is Cc1ccc(N)c(SCc2cccc(C#N)c2)c1. The Labute approximate surface area is 111 Å². The average molecular weight is 254 g/mol. The van der Waals surface area contributed by atoms with Crippen LogP contribution in [0.25, 0.3) is 0 Å². The second kappa shape index (κ2) is 5.61. The molecule has 0 saturated heterocycles. The van der Waals surface area contributed by atoms with Gasteiger partial charge in [0.05, 0.1) is 11.6 Å². The van der Waals surface area contributed by atoms with Crippen molar-refractivity contribution >= 4 is 17.4 Å². The lowest BCUT2D eigenvalue weighted by molar-refractivity contribution is 1.34. The van der Waals surface area contributed by atoms with E-state index in [2.05, 4.69) is 19.1 Å². The topological polar surface area (TPSA) is 49.8 Å². The van der Waals surface area contributed by atoms with Crippen LogP contribution in [0.1, 0.15) is 16.7 Å². The molecular weight excluding hydrogens is 240 g/mol. The summed E-state index contributed by atoms with van der Waals surface area (Å²) in [4.78, 5) is 1.09. The van der Waals surface area contributed by atoms with E-state index in [1.54, 1.807) is 11.8 Å². The molecule has 0 heterocycles. The van der Waals surface area contributed by atoms with E-state index in [0.29, 0.717) is 5.56 Å². The molecule has 90 valence electrons. The van der Waals surface area contributed by atoms with Gasteiger partial charge in [-0.25, -0.2) is 0 Å². The van der Waals surface area contributed by atoms with Crippen LogP contribution in [0.2, 0.25) is 0 Å². The summed E-state index contributed by atoms with van der Waals surface area (Å²) in [6, 6.07) is 15.9. The molecule has 18 heavy (non-hydrogen) atoms. The maximum Gasteiger partial charge on any atom is 0.0991 e. The summed E-state index contributed by atoms with van der Waals surface area (Å²) in [6.45, 7) is 2.06. The second-order valence-corrected chi connectivity index (χ2v) is 5.16. The van der Waals surface area contributed by atoms with E-state index >= 15 is 0 Å². The molecule has 2 aromatic carbocycles. The number of nitrogen functional groups attached to an aromatic ring is 1. The summed E-state index contributed by atoms with van der Waals surface area (Å²) in [5.41, 5.74) is 9.79. The Balaban J connectivity index is 2.11. The van der Waals surface area contributed by atoms with Crippen molar-refractivity contribution in [2.24, 2.45) is 0 Å². The Morgan fingerprint density at radius 1 is 1.22 bits per heavy atom. The Morgan fingerprint density at radius 2 is 2.06 bits per heavy atom. The molecule has 0 bridgehead atoms. The monoisotopic (exact) mass is 254 g/mol. The highest BCUT2D eigenvalue weighted by atomic mass is 32.2. The minimum Gasteiger partial charge on any atom is -0.398 e. The first-order valence-electron chi connectivity index (χ1n) is 5.67. The molecule has 2 N–H and O–H groups in total. The molecule has 0 unspecified atom stereocenters. The van der Waals surface area contributed by atoms with Crippen molar-refractivity contribution in [3.8, 4) is 6.07 Å². The van der Waals surface area contributed by atoms with Crippen LogP contribution in [0.4, 0.5) is 5.69 Å². The number of aryl methyl sites for hydroxylation is 1. The van der Waals surface area contributed by atoms with Gasteiger partial charge < -0.3 is 5.73 Å². The van der Waals surface area contributed by atoms with Crippen LogP contribution in [0, 0.1) is 18.3 Å². The number of nitriles is 1. The van der Waals surface area contributed by atoms with Crippen molar-refractivity contribution in [3.63, 3.8) is 0 Å². The number of benzene rings is 2. The van der Waals surface area contributed by atoms with Crippen LogP contribution in [0.5, 0.6) is 0 Å². The molecule has 0 atom stereocenters. The van der Waals surface area contributed by atoms with Crippen molar-refractivity contribution in [2.45, 2.75) is 17.6 Å². The lowest BCUT2D eigenvalue weighted by Crippen LogP contribution is -1.90. The number of nitrogens with two attached hydrogens (primary N) is 1. The number of anilines is 1. The minimum absolute atomic E-state index is 0.699. The van der Waals surface area contributed by atoms with Gasteiger partial charge in [-0.05, 0) is 42.3 Å². The summed E-state index contributed by atoms with van der Waals surface area (Å²) >= 11 is 1.70. The highest BCUT2D eigenvalue weighted by Gasteiger charge is 2.02. The summed E-state index contributed by atoms with van der Waals surface area (Å²) in [7, 11) is 0. The van der Waals surface area contributed by atoms with E-state index < -0.39 is 0 Å². The fraction of sp³-hybridized carbons (Fsp3) is 0.133. The summed E-state index contributed by atoms with van der Waals surface area (Å²) < 4.78 is 0. The fourth-order valence-corrected chi connectivity index (χ4v) is 2.66. The Kier molecular flexibility index (Phi) is 3.91. The zero-order valence-corrected chi connectivity index (χ0v) is 11.0. The predicted octanol–water partition coefficient (Wildman–Crippen LogP) is 3.74. The van der Waals surface area contributed by atoms with Gasteiger partial charge in [0, 0.05) is 16.3 Å². The minimum atomic E-state index is 0.699. The number of hydrogen-bond donors (Lipinski definition) is 1. The van der Waals surface area contributed by atoms with Crippen molar-refractivity contribution in [3.05, 3.63) is 59.2 Å². The van der Waals surface area contributed by atoms with Crippen molar-refractivity contribution in [2.75, 3.05) is 5.73 Å². The summed E-state index contributed by atoms with van der Waals surface area (Å²) in [5, 5.41) is 8.85. The lowest BCUT2D eigenvalue weighted by atomic mass is 10.2. The first-order valence-corrected chi connectivity index (χ1v) is 6.65. The highest BCUT2D eigenvalue weighted by molar-refractivity contribution is 7.98. The third-order valence-corrected chi connectivity index (χ3v) is 3.76. The van der Waals surface area contributed by atoms with Gasteiger partial charge in [0.15, 0.2) is 0 Å². The number of rotatable bonds is 3. The van der Waals surface area contributed by atoms with E-state index in [-0.39, 0.29) is 0 Å². The van der Waals surface area contributed by atoms with Gasteiger partial charge in [0.25, 0.3) is 0 Å². The number of hydrogen-bond acceptors (Lipinski definition) is 3. The van der Waals surface area contributed by atoms with Gasteiger partial charge >= 0.3 is 0 Å². The van der Waals surface area contributed by atoms with Crippen LogP contribution < -0.4 is 5.73 Å². The van der Waals surface area contributed by atoms with Crippen LogP contribution in [-0.2, 0) is 5.75 Å². The smallest absolute Gasteiger partial charge is 0.0991 e. The Bertz CT molecular complexity index is 600. The maximum atomic E-state index is 8.85. The van der Waals surface area contributed by atoms with E-state index in [9.17, 15) is 0 Å². The predicted molar refractivity (Wildman–Crippen MR) is 76.3 cm³/mol. The van der Waals surface area contributed by atoms with Gasteiger partial charge in [-0.1, -0.05) is 18.2 Å². The van der Waals surface area contributed by atoms with Gasteiger partial charge in [0.1, 0.15) is 0 Å². The number of nitrogens with zero attached hydrogens (tertiary/aromatic N) is 1. The molecule has 0 aliphatic heterocycles. The highest BCUT2D eigenvalue weighted by Crippen LogP contribution is 2.29. The number of thioether (sulfide) groups is 1. The molecular formula is C15H14N2S. The van der Waals surface area contributed by atoms with E-state index in [1.807, 2.05) is 36.4 Å². The van der Waals surface area contributed by atoms with Crippen molar-refractivity contribution in [1.29, 1.82) is 5.26 Å². The fourth-order valence-electron chi connectivity index (χ4n) is 1.66. The Morgan fingerprint density at radius 3 is 2.83 bits per heavy atom. The van der Waals surface area contributed by atoms with E-state index in [1.165, 1.54) is 5.56 Å². The van der Waals surface area contributed by atoms with Crippen LogP contribution in [0.3, 0.4) is 0 Å². The van der Waals surface area contributed by atoms with Gasteiger partial charge in [0.2, 0.25) is 0 Å². The molecule has 0 aromatic heterocycles. The molecule has 0 aliphatic carbocycles. The molecule has 0 aliphatic rings. The molecule has 0 amide bonds. The first kappa shape index (κ1) is 12.5. The molecule has 2 nitrogen and oxygen atoms in total. The van der Waals surface area contributed by atoms with E-state index in [0.717, 1.165) is 21.9 Å². The molecule has 0 fully saturated rings. The van der Waals surface area contributed by atoms with Crippen LogP contribution >= 0.6 is 11.8 Å². The zero-order valence-electron chi connectivity index (χ0n) is 10.2. The molecule has 2 aromatic rings. The van der Waals surface area contributed by atoms with Crippen LogP contribution in [0.15, 0.2) is 47.4 Å². The van der Waals surface area contributed by atoms with Crippen molar-refractivity contribution < 1.29 is 0 Å². The van der Waals surface area contributed by atoms with Gasteiger partial charge in [-0.3, -0.25) is 0 Å². The van der Waals surface area contributed by atoms with Crippen LogP contribution in [-0.4, -0.2) is 0 Å².